The number of hydrogen-bond acceptors (Lipinski definition) is 4. The van der Waals surface area contributed by atoms with E-state index in [4.69, 9.17) is 4.42 Å². The summed E-state index contributed by atoms with van der Waals surface area (Å²) in [5, 5.41) is 3.09. The van der Waals surface area contributed by atoms with Gasteiger partial charge in [-0.1, -0.05) is 30.3 Å². The molecular formula is C19H20N2O3S. The van der Waals surface area contributed by atoms with Gasteiger partial charge in [0.1, 0.15) is 17.8 Å². The zero-order valence-electron chi connectivity index (χ0n) is 14.0. The van der Waals surface area contributed by atoms with Crippen LogP contribution in [0.1, 0.15) is 37.1 Å². The lowest BCUT2D eigenvalue weighted by Crippen LogP contribution is -2.50. The molecule has 2 aliphatic heterocycles. The van der Waals surface area contributed by atoms with Gasteiger partial charge in [0.05, 0.1) is 11.1 Å². The molecule has 5 nitrogen and oxygen atoms in total. The Morgan fingerprint density at radius 2 is 2.12 bits per heavy atom. The van der Waals surface area contributed by atoms with Crippen LogP contribution in [0.3, 0.4) is 0 Å². The van der Waals surface area contributed by atoms with Crippen molar-refractivity contribution in [3.05, 3.63) is 60.1 Å². The molecular weight excluding hydrogens is 336 g/mol. The van der Waals surface area contributed by atoms with Crippen molar-refractivity contribution in [1.29, 1.82) is 0 Å². The van der Waals surface area contributed by atoms with Crippen molar-refractivity contribution < 1.29 is 14.0 Å². The molecule has 2 amide bonds. The van der Waals surface area contributed by atoms with Crippen molar-refractivity contribution in [3.63, 3.8) is 0 Å². The third kappa shape index (κ3) is 2.84. The Morgan fingerprint density at radius 1 is 1.32 bits per heavy atom. The van der Waals surface area contributed by atoms with Gasteiger partial charge in [0, 0.05) is 12.2 Å². The van der Waals surface area contributed by atoms with E-state index in [0.29, 0.717) is 17.9 Å². The number of furan rings is 1. The highest BCUT2D eigenvalue weighted by atomic mass is 32.2. The van der Waals surface area contributed by atoms with E-state index in [0.717, 1.165) is 12.0 Å². The first-order valence-corrected chi connectivity index (χ1v) is 9.42. The van der Waals surface area contributed by atoms with Gasteiger partial charge in [-0.2, -0.15) is 0 Å². The van der Waals surface area contributed by atoms with Gasteiger partial charge in [-0.3, -0.25) is 9.59 Å². The van der Waals surface area contributed by atoms with Crippen molar-refractivity contribution in [2.24, 2.45) is 0 Å². The van der Waals surface area contributed by atoms with Crippen molar-refractivity contribution in [2.45, 2.75) is 36.7 Å². The van der Waals surface area contributed by atoms with E-state index in [1.165, 1.54) is 0 Å². The molecule has 2 aliphatic rings. The number of rotatable bonds is 4. The van der Waals surface area contributed by atoms with Crippen LogP contribution in [0, 0.1) is 0 Å². The molecule has 1 aromatic heterocycles. The maximum atomic E-state index is 13.0. The first-order valence-electron chi connectivity index (χ1n) is 8.43. The lowest BCUT2D eigenvalue weighted by molar-refractivity contribution is -0.138. The number of carbonyl (C=O) groups is 2. The molecule has 2 fully saturated rings. The number of nitrogens with zero attached hydrogens (tertiary/aromatic N) is 1. The number of hydrogen-bond donors (Lipinski definition) is 1. The summed E-state index contributed by atoms with van der Waals surface area (Å²) >= 11 is 1.70. The maximum absolute atomic E-state index is 13.0. The number of thioether (sulfide) groups is 1. The van der Waals surface area contributed by atoms with Crippen molar-refractivity contribution in [1.82, 2.24) is 10.2 Å². The summed E-state index contributed by atoms with van der Waals surface area (Å²) in [4.78, 5) is 26.8. The zero-order valence-corrected chi connectivity index (χ0v) is 14.8. The molecule has 2 aromatic rings. The largest absolute Gasteiger partial charge is 0.467 e. The summed E-state index contributed by atoms with van der Waals surface area (Å²) < 4.78 is 5.54. The monoisotopic (exact) mass is 356 g/mol. The maximum Gasteiger partial charge on any atom is 0.244 e. The highest BCUT2D eigenvalue weighted by Gasteiger charge is 2.53. The average molecular weight is 356 g/mol. The normalized spacial score (nSPS) is 26.5. The molecule has 4 rings (SSSR count). The fourth-order valence-electron chi connectivity index (χ4n) is 3.67. The Balaban J connectivity index is 1.59. The summed E-state index contributed by atoms with van der Waals surface area (Å²) in [5.41, 5.74) is 0.951. The van der Waals surface area contributed by atoms with E-state index in [1.54, 1.807) is 22.9 Å². The first-order chi connectivity index (χ1) is 12.1. The van der Waals surface area contributed by atoms with Crippen LogP contribution >= 0.6 is 11.8 Å². The van der Waals surface area contributed by atoms with Crippen LogP contribution in [-0.4, -0.2) is 33.4 Å². The Labute approximate surface area is 150 Å². The number of amides is 2. The molecule has 0 spiro atoms. The number of benzene rings is 1. The van der Waals surface area contributed by atoms with E-state index in [2.05, 4.69) is 12.2 Å². The molecule has 3 atom stereocenters. The van der Waals surface area contributed by atoms with E-state index in [-0.39, 0.29) is 22.7 Å². The molecule has 6 heteroatoms. The minimum absolute atomic E-state index is 0.0712. The molecule has 1 N–H and O–H groups in total. The molecule has 3 heterocycles. The molecule has 0 bridgehead atoms. The van der Waals surface area contributed by atoms with E-state index >= 15 is 0 Å². The van der Waals surface area contributed by atoms with Crippen LogP contribution in [0.25, 0.3) is 0 Å². The predicted molar refractivity (Wildman–Crippen MR) is 95.9 cm³/mol. The predicted octanol–water partition coefficient (Wildman–Crippen LogP) is 2.94. The van der Waals surface area contributed by atoms with E-state index < -0.39 is 6.04 Å². The molecule has 0 aliphatic carbocycles. The van der Waals surface area contributed by atoms with Gasteiger partial charge in [-0.05, 0) is 31.0 Å². The Kier molecular flexibility index (Phi) is 4.07. The van der Waals surface area contributed by atoms with Crippen LogP contribution in [0.15, 0.2) is 53.1 Å². The van der Waals surface area contributed by atoms with Crippen LogP contribution < -0.4 is 5.32 Å². The molecule has 0 radical (unpaired) electrons. The van der Waals surface area contributed by atoms with Crippen LogP contribution in [0.2, 0.25) is 0 Å². The highest BCUT2D eigenvalue weighted by Crippen LogP contribution is 2.47. The van der Waals surface area contributed by atoms with Crippen LogP contribution in [0.4, 0.5) is 0 Å². The quantitative estimate of drug-likeness (QED) is 0.915. The second-order valence-corrected chi connectivity index (χ2v) is 8.13. The van der Waals surface area contributed by atoms with Crippen LogP contribution in [-0.2, 0) is 9.59 Å². The standard InChI is InChI=1S/C19H20N2O3S/c1-19-10-9-16(22)21(19)14(12-25-19)18(23)20-17(15-8-5-11-24-15)13-6-3-2-4-7-13/h2-8,11,14,17H,9-10,12H2,1H3,(H,20,23). The Morgan fingerprint density at radius 3 is 2.84 bits per heavy atom. The summed E-state index contributed by atoms with van der Waals surface area (Å²) in [6.07, 6.45) is 2.93. The van der Waals surface area contributed by atoms with Crippen molar-refractivity contribution >= 4 is 23.6 Å². The topological polar surface area (TPSA) is 62.6 Å². The second-order valence-electron chi connectivity index (χ2n) is 6.63. The average Bonchev–Trinajstić information content (AvgIpc) is 3.32. The minimum Gasteiger partial charge on any atom is -0.467 e. The third-order valence-corrected chi connectivity index (χ3v) is 6.50. The van der Waals surface area contributed by atoms with Crippen molar-refractivity contribution in [2.75, 3.05) is 5.75 Å². The molecule has 1 aromatic carbocycles. The smallest absolute Gasteiger partial charge is 0.244 e. The lowest BCUT2D eigenvalue weighted by Gasteiger charge is -2.30. The van der Waals surface area contributed by atoms with Crippen LogP contribution in [0.5, 0.6) is 0 Å². The summed E-state index contributed by atoms with van der Waals surface area (Å²) in [6.45, 7) is 2.05. The van der Waals surface area contributed by atoms with E-state index in [1.807, 2.05) is 42.5 Å². The fraction of sp³-hybridized carbons (Fsp3) is 0.368. The molecule has 25 heavy (non-hydrogen) atoms. The highest BCUT2D eigenvalue weighted by molar-refractivity contribution is 8.01. The molecule has 0 saturated carbocycles. The summed E-state index contributed by atoms with van der Waals surface area (Å²) in [6, 6.07) is 12.6. The minimum atomic E-state index is -0.425. The van der Waals surface area contributed by atoms with Gasteiger partial charge >= 0.3 is 0 Å². The first kappa shape index (κ1) is 16.3. The van der Waals surface area contributed by atoms with Gasteiger partial charge < -0.3 is 14.6 Å². The summed E-state index contributed by atoms with van der Waals surface area (Å²) in [7, 11) is 0. The number of carbonyl (C=O) groups excluding carboxylic acids is 2. The summed E-state index contributed by atoms with van der Waals surface area (Å²) in [5.74, 6) is 1.26. The van der Waals surface area contributed by atoms with Gasteiger partial charge in [0.15, 0.2) is 0 Å². The zero-order chi connectivity index (χ0) is 17.4. The van der Waals surface area contributed by atoms with Gasteiger partial charge in [-0.15, -0.1) is 11.8 Å². The van der Waals surface area contributed by atoms with Crippen molar-refractivity contribution in [3.8, 4) is 0 Å². The molecule has 2 saturated heterocycles. The lowest BCUT2D eigenvalue weighted by atomic mass is 10.0. The fourth-order valence-corrected chi connectivity index (χ4v) is 5.10. The van der Waals surface area contributed by atoms with Gasteiger partial charge in [0.2, 0.25) is 11.8 Å². The van der Waals surface area contributed by atoms with E-state index in [9.17, 15) is 9.59 Å². The molecule has 130 valence electrons. The van der Waals surface area contributed by atoms with Gasteiger partial charge in [0.25, 0.3) is 0 Å². The Bertz CT molecular complexity index is 777. The van der Waals surface area contributed by atoms with Gasteiger partial charge in [-0.25, -0.2) is 0 Å². The molecule has 3 unspecified atom stereocenters. The SMILES string of the molecule is CC12CCC(=O)N1C(C(=O)NC(c1ccccc1)c1ccco1)CS2. The Hall–Kier alpha value is -2.21. The second kappa shape index (κ2) is 6.26. The third-order valence-electron chi connectivity index (χ3n) is 4.99. The number of fused-ring (bicyclic) bond motifs is 1. The number of nitrogens with one attached hydrogen (secondary N) is 1.